The molecule has 12 aromatic carbocycles. The highest BCUT2D eigenvalue weighted by Gasteiger charge is 2.23. The van der Waals surface area contributed by atoms with Gasteiger partial charge in [0, 0.05) is 76.4 Å². The molecule has 6 aromatic heterocycles. The molecule has 18 rings (SSSR count). The number of nitrogens with zero attached hydrogens (tertiary/aromatic N) is 5. The van der Waals surface area contributed by atoms with Crippen LogP contribution in [0.5, 0.6) is 0 Å². The quantitative estimate of drug-likeness (QED) is 0.159. The van der Waals surface area contributed by atoms with Crippen LogP contribution < -0.4 is 0 Å². The molecule has 0 radical (unpaired) electrons. The SMILES string of the molecule is c1ccc(-c2cc(-c3ccccc3)nc(-n3c4ccc(-c5ccc6c(c5)c5cc(-c7ccc8oc9cc%10c(cc9c8c7)oc7ccccc7%10)ccc5n6-c5ccccc5)cc4c4cc5c(cc43)c3ccccc3n5-c3ccccc3)n2)cc1. The first-order valence-electron chi connectivity index (χ1n) is 28.1. The third-order valence-corrected chi connectivity index (χ3v) is 17.0. The Morgan fingerprint density at radius 2 is 0.590 bits per heavy atom. The molecule has 0 spiro atoms. The van der Waals surface area contributed by atoms with Gasteiger partial charge in [-0.05, 0) is 138 Å². The average Bonchev–Trinajstić information content (AvgIpc) is 3.44. The Balaban J connectivity index is 0.853. The maximum atomic E-state index is 6.52. The summed E-state index contributed by atoms with van der Waals surface area (Å²) < 4.78 is 19.9. The van der Waals surface area contributed by atoms with Gasteiger partial charge in [0.2, 0.25) is 5.95 Å². The summed E-state index contributed by atoms with van der Waals surface area (Å²) in [6, 6.07) is 97.6. The second kappa shape index (κ2) is 17.6. The number of para-hydroxylation sites is 4. The van der Waals surface area contributed by atoms with Crippen LogP contribution in [0.15, 0.2) is 282 Å². The highest BCUT2D eigenvalue weighted by molar-refractivity contribution is 6.20. The molecule has 18 aromatic rings. The van der Waals surface area contributed by atoms with Gasteiger partial charge in [-0.2, -0.15) is 0 Å². The summed E-state index contributed by atoms with van der Waals surface area (Å²) in [6.07, 6.45) is 0. The maximum Gasteiger partial charge on any atom is 0.235 e. The summed E-state index contributed by atoms with van der Waals surface area (Å²) in [4.78, 5) is 10.9. The lowest BCUT2D eigenvalue weighted by Gasteiger charge is -2.12. The number of furan rings is 2. The number of hydrogen-bond donors (Lipinski definition) is 0. The average molecular weight is 1060 g/mol. The fourth-order valence-corrected chi connectivity index (χ4v) is 13.2. The minimum absolute atomic E-state index is 0.610. The first-order chi connectivity index (χ1) is 41.1. The van der Waals surface area contributed by atoms with Gasteiger partial charge in [-0.1, -0.05) is 158 Å². The number of hydrogen-bond acceptors (Lipinski definition) is 4. The molecule has 83 heavy (non-hydrogen) atoms. The molecule has 7 nitrogen and oxygen atoms in total. The van der Waals surface area contributed by atoms with Gasteiger partial charge in [0.1, 0.15) is 22.3 Å². The topological polar surface area (TPSA) is 66.8 Å². The van der Waals surface area contributed by atoms with Crippen molar-refractivity contribution in [1.82, 2.24) is 23.7 Å². The Morgan fingerprint density at radius 1 is 0.217 bits per heavy atom. The second-order valence-corrected chi connectivity index (χ2v) is 21.7. The minimum Gasteiger partial charge on any atom is -0.456 e. The van der Waals surface area contributed by atoms with E-state index in [-0.39, 0.29) is 0 Å². The van der Waals surface area contributed by atoms with Crippen molar-refractivity contribution in [2.45, 2.75) is 0 Å². The molecule has 0 unspecified atom stereocenters. The first kappa shape index (κ1) is 45.6. The maximum absolute atomic E-state index is 6.52. The highest BCUT2D eigenvalue weighted by Crippen LogP contribution is 2.44. The lowest BCUT2D eigenvalue weighted by Crippen LogP contribution is -2.04. The van der Waals surface area contributed by atoms with Crippen molar-refractivity contribution in [3.05, 3.63) is 273 Å². The zero-order valence-electron chi connectivity index (χ0n) is 44.5. The van der Waals surface area contributed by atoms with E-state index in [1.165, 1.54) is 16.2 Å². The van der Waals surface area contributed by atoms with Gasteiger partial charge in [0.05, 0.1) is 44.5 Å². The van der Waals surface area contributed by atoms with Crippen molar-refractivity contribution < 1.29 is 8.83 Å². The molecule has 0 amide bonds. The molecule has 7 heteroatoms. The summed E-state index contributed by atoms with van der Waals surface area (Å²) in [5.74, 6) is 0.610. The van der Waals surface area contributed by atoms with E-state index in [1.807, 2.05) is 24.3 Å². The van der Waals surface area contributed by atoms with Crippen LogP contribution >= 0.6 is 0 Å². The molecule has 0 aliphatic rings. The highest BCUT2D eigenvalue weighted by atomic mass is 16.3. The Morgan fingerprint density at radius 3 is 1.16 bits per heavy atom. The molecule has 0 aliphatic carbocycles. The van der Waals surface area contributed by atoms with Gasteiger partial charge in [-0.3, -0.25) is 4.57 Å². The third-order valence-electron chi connectivity index (χ3n) is 17.0. The van der Waals surface area contributed by atoms with Crippen molar-refractivity contribution >= 4 is 109 Å². The number of rotatable bonds is 7. The van der Waals surface area contributed by atoms with Crippen molar-refractivity contribution in [2.24, 2.45) is 0 Å². The zero-order chi connectivity index (χ0) is 54.3. The number of aromatic nitrogens is 5. The predicted molar refractivity (Wildman–Crippen MR) is 341 cm³/mol. The van der Waals surface area contributed by atoms with E-state index in [9.17, 15) is 0 Å². The Bertz CT molecular complexity index is 5610. The van der Waals surface area contributed by atoms with Crippen LogP contribution in [-0.4, -0.2) is 23.7 Å². The fraction of sp³-hybridized carbons (Fsp3) is 0. The number of benzene rings is 12. The molecule has 6 heterocycles. The van der Waals surface area contributed by atoms with Gasteiger partial charge in [0.25, 0.3) is 0 Å². The monoisotopic (exact) mass is 1060 g/mol. The Kier molecular flexibility index (Phi) is 9.67. The lowest BCUT2D eigenvalue weighted by molar-refractivity contribution is 0.664. The van der Waals surface area contributed by atoms with Crippen LogP contribution in [0, 0.1) is 0 Å². The Hall–Kier alpha value is -11.3. The van der Waals surface area contributed by atoms with E-state index in [0.717, 1.165) is 149 Å². The van der Waals surface area contributed by atoms with Gasteiger partial charge in [0.15, 0.2) is 0 Å². The largest absolute Gasteiger partial charge is 0.456 e. The van der Waals surface area contributed by atoms with E-state index in [2.05, 4.69) is 262 Å². The fourth-order valence-electron chi connectivity index (χ4n) is 13.2. The smallest absolute Gasteiger partial charge is 0.235 e. The minimum atomic E-state index is 0.610. The molecular weight excluding hydrogens is 1010 g/mol. The first-order valence-corrected chi connectivity index (χ1v) is 28.1. The predicted octanol–water partition coefficient (Wildman–Crippen LogP) is 20.2. The van der Waals surface area contributed by atoms with Crippen LogP contribution in [-0.2, 0) is 0 Å². The molecule has 386 valence electrons. The number of fused-ring (bicyclic) bond motifs is 15. The molecule has 0 bridgehead atoms. The molecule has 0 aliphatic heterocycles. The normalized spacial score (nSPS) is 12.1. The Labute approximate surface area is 474 Å². The van der Waals surface area contributed by atoms with Crippen LogP contribution in [0.2, 0.25) is 0 Å². The van der Waals surface area contributed by atoms with Gasteiger partial charge < -0.3 is 18.0 Å². The van der Waals surface area contributed by atoms with Crippen molar-refractivity contribution in [2.75, 3.05) is 0 Å². The van der Waals surface area contributed by atoms with E-state index >= 15 is 0 Å². The lowest BCUT2D eigenvalue weighted by atomic mass is 9.98. The van der Waals surface area contributed by atoms with Crippen molar-refractivity contribution in [3.63, 3.8) is 0 Å². The summed E-state index contributed by atoms with van der Waals surface area (Å²) in [5, 5.41) is 11.1. The summed E-state index contributed by atoms with van der Waals surface area (Å²) in [7, 11) is 0. The van der Waals surface area contributed by atoms with Crippen LogP contribution in [0.1, 0.15) is 0 Å². The third kappa shape index (κ3) is 6.98. The van der Waals surface area contributed by atoms with E-state index in [0.29, 0.717) is 5.95 Å². The molecule has 0 saturated heterocycles. The van der Waals surface area contributed by atoms with Gasteiger partial charge >= 0.3 is 0 Å². The molecule has 0 atom stereocenters. The van der Waals surface area contributed by atoms with Gasteiger partial charge in [-0.25, -0.2) is 9.97 Å². The van der Waals surface area contributed by atoms with E-state index in [4.69, 9.17) is 18.8 Å². The van der Waals surface area contributed by atoms with Crippen molar-refractivity contribution in [3.8, 4) is 62.1 Å². The molecule has 0 fully saturated rings. The van der Waals surface area contributed by atoms with Gasteiger partial charge in [-0.15, -0.1) is 0 Å². The van der Waals surface area contributed by atoms with Crippen LogP contribution in [0.4, 0.5) is 0 Å². The molecule has 0 N–H and O–H groups in total. The summed E-state index contributed by atoms with van der Waals surface area (Å²) >= 11 is 0. The second-order valence-electron chi connectivity index (χ2n) is 21.7. The van der Waals surface area contributed by atoms with E-state index < -0.39 is 0 Å². The summed E-state index contributed by atoms with van der Waals surface area (Å²) in [5.41, 5.74) is 20.5. The molecular formula is C76H45N5O2. The standard InChI is InChI=1S/C76H45N5O2/c1-5-17-46(18-6-1)64-45-65(47-19-7-2-8-20-47)78-76(77-64)81-69-35-31-49(39-58(69)60-42-70-59(41-71(60)81)54-25-13-15-27-66(54)80(70)53-23-11-4-12-24-53)48-29-33-67-56(37-48)57-38-50(30-34-68(57)79(67)52-21-9-3-10-22-52)51-32-36-73-61(40-51)63-44-74-62(43-75(63)83-73)55-26-14-16-28-72(55)82-74/h1-45H. The zero-order valence-corrected chi connectivity index (χ0v) is 44.5. The van der Waals surface area contributed by atoms with E-state index in [1.54, 1.807) is 0 Å². The van der Waals surface area contributed by atoms with Crippen LogP contribution in [0.25, 0.3) is 171 Å². The van der Waals surface area contributed by atoms with Crippen LogP contribution in [0.3, 0.4) is 0 Å². The summed E-state index contributed by atoms with van der Waals surface area (Å²) in [6.45, 7) is 0. The van der Waals surface area contributed by atoms with Crippen molar-refractivity contribution in [1.29, 1.82) is 0 Å². The molecule has 0 saturated carbocycles.